The van der Waals surface area contributed by atoms with E-state index in [0.29, 0.717) is 42.8 Å². The van der Waals surface area contributed by atoms with Crippen LogP contribution in [0, 0.1) is 0 Å². The van der Waals surface area contributed by atoms with Gasteiger partial charge in [0.05, 0.1) is 24.1 Å². The first-order valence-electron chi connectivity index (χ1n) is 8.73. The minimum atomic E-state index is -1.44. The fourth-order valence-corrected chi connectivity index (χ4v) is 3.25. The molecule has 2 aromatic rings. The van der Waals surface area contributed by atoms with E-state index < -0.39 is 5.60 Å². The van der Waals surface area contributed by atoms with E-state index in [0.717, 1.165) is 6.42 Å². The first-order valence-corrected chi connectivity index (χ1v) is 8.73. The standard InChI is InChI=1S/C18H24N4O4/c1-26-10-9-22-8-4-7-18(25,17(22)24)12-19-11-15-20-14-6-3-2-5-13(14)16(23)21-15/h2-3,5-6,19,25H,4,7-12H2,1H3,(H,20,21,23)/t18-/m1/s1. The third kappa shape index (κ3) is 3.92. The second-order valence-corrected chi connectivity index (χ2v) is 6.55. The largest absolute Gasteiger partial charge is 0.383 e. The second-order valence-electron chi connectivity index (χ2n) is 6.55. The molecule has 140 valence electrons. The number of ether oxygens (including phenoxy) is 1. The van der Waals surface area contributed by atoms with Crippen LogP contribution in [0.1, 0.15) is 18.7 Å². The highest BCUT2D eigenvalue weighted by Gasteiger charge is 2.41. The van der Waals surface area contributed by atoms with Crippen molar-refractivity contribution in [2.45, 2.75) is 25.0 Å². The summed E-state index contributed by atoms with van der Waals surface area (Å²) in [5, 5.41) is 14.3. The quantitative estimate of drug-likeness (QED) is 0.642. The Morgan fingerprint density at radius 3 is 3.00 bits per heavy atom. The van der Waals surface area contributed by atoms with Crippen molar-refractivity contribution in [1.82, 2.24) is 20.2 Å². The minimum absolute atomic E-state index is 0.103. The first-order chi connectivity index (χ1) is 12.5. The number of aromatic amines is 1. The fourth-order valence-electron chi connectivity index (χ4n) is 3.25. The van der Waals surface area contributed by atoms with Gasteiger partial charge < -0.3 is 25.0 Å². The van der Waals surface area contributed by atoms with E-state index in [1.807, 2.05) is 6.07 Å². The number of nitrogens with zero attached hydrogens (tertiary/aromatic N) is 2. The number of hydrogen-bond acceptors (Lipinski definition) is 6. The molecular weight excluding hydrogens is 336 g/mol. The number of rotatable bonds is 7. The molecular formula is C18H24N4O4. The molecule has 2 heterocycles. The van der Waals surface area contributed by atoms with Gasteiger partial charge in [0, 0.05) is 26.7 Å². The summed E-state index contributed by atoms with van der Waals surface area (Å²) in [5.74, 6) is 0.185. The van der Waals surface area contributed by atoms with Crippen LogP contribution in [-0.4, -0.2) is 64.8 Å². The molecule has 1 atom stereocenters. The maximum atomic E-state index is 12.5. The zero-order valence-electron chi connectivity index (χ0n) is 14.8. The van der Waals surface area contributed by atoms with Crippen LogP contribution in [0.5, 0.6) is 0 Å². The summed E-state index contributed by atoms with van der Waals surface area (Å²) >= 11 is 0. The Balaban J connectivity index is 1.63. The van der Waals surface area contributed by atoms with Crippen LogP contribution in [0.2, 0.25) is 0 Å². The zero-order chi connectivity index (χ0) is 18.6. The van der Waals surface area contributed by atoms with Gasteiger partial charge in [0.2, 0.25) is 0 Å². The number of nitrogens with one attached hydrogen (secondary N) is 2. The van der Waals surface area contributed by atoms with Crippen molar-refractivity contribution in [3.8, 4) is 0 Å². The third-order valence-corrected chi connectivity index (χ3v) is 4.64. The molecule has 3 N–H and O–H groups in total. The zero-order valence-corrected chi connectivity index (χ0v) is 14.8. The lowest BCUT2D eigenvalue weighted by molar-refractivity contribution is -0.157. The number of fused-ring (bicyclic) bond motifs is 1. The summed E-state index contributed by atoms with van der Waals surface area (Å²) in [7, 11) is 1.58. The Bertz CT molecular complexity index is 837. The maximum absolute atomic E-state index is 12.5. The van der Waals surface area contributed by atoms with Crippen LogP contribution in [0.4, 0.5) is 0 Å². The Hall–Kier alpha value is -2.29. The lowest BCUT2D eigenvalue weighted by Crippen LogP contribution is -2.58. The van der Waals surface area contributed by atoms with Crippen molar-refractivity contribution in [3.63, 3.8) is 0 Å². The van der Waals surface area contributed by atoms with Crippen LogP contribution >= 0.6 is 0 Å². The van der Waals surface area contributed by atoms with Gasteiger partial charge in [-0.15, -0.1) is 0 Å². The van der Waals surface area contributed by atoms with Gasteiger partial charge in [-0.05, 0) is 25.0 Å². The number of H-pyrrole nitrogens is 1. The number of carbonyl (C=O) groups excluding carboxylic acids is 1. The number of methoxy groups -OCH3 is 1. The van der Waals surface area contributed by atoms with Gasteiger partial charge in [0.15, 0.2) is 5.60 Å². The fraction of sp³-hybridized carbons (Fsp3) is 0.500. The monoisotopic (exact) mass is 360 g/mol. The SMILES string of the molecule is COCCN1CCC[C@@](O)(CNCc2nc3ccccc3c(=O)[nH]2)C1=O. The molecule has 1 aliphatic rings. The number of hydrogen-bond donors (Lipinski definition) is 3. The van der Waals surface area contributed by atoms with Crippen molar-refractivity contribution < 1.29 is 14.6 Å². The van der Waals surface area contributed by atoms with Gasteiger partial charge in [-0.1, -0.05) is 12.1 Å². The van der Waals surface area contributed by atoms with Gasteiger partial charge in [-0.25, -0.2) is 4.98 Å². The van der Waals surface area contributed by atoms with E-state index in [-0.39, 0.29) is 24.6 Å². The summed E-state index contributed by atoms with van der Waals surface area (Å²) in [5.41, 5.74) is -1.03. The number of carbonyl (C=O) groups is 1. The van der Waals surface area contributed by atoms with Gasteiger partial charge in [-0.3, -0.25) is 9.59 Å². The molecule has 1 saturated heterocycles. The van der Waals surface area contributed by atoms with E-state index in [9.17, 15) is 14.7 Å². The predicted molar refractivity (Wildman–Crippen MR) is 96.7 cm³/mol. The summed E-state index contributed by atoms with van der Waals surface area (Å²) in [6.45, 7) is 1.90. The van der Waals surface area contributed by atoms with Crippen LogP contribution in [0.25, 0.3) is 10.9 Å². The molecule has 1 aliphatic heterocycles. The number of amides is 1. The molecule has 1 fully saturated rings. The number of benzene rings is 1. The summed E-state index contributed by atoms with van der Waals surface area (Å²) < 4.78 is 5.01. The molecule has 1 aromatic carbocycles. The molecule has 0 spiro atoms. The lowest BCUT2D eigenvalue weighted by atomic mass is 9.91. The third-order valence-electron chi connectivity index (χ3n) is 4.64. The van der Waals surface area contributed by atoms with E-state index in [2.05, 4.69) is 15.3 Å². The van der Waals surface area contributed by atoms with Crippen molar-refractivity contribution in [2.75, 3.05) is 33.4 Å². The highest BCUT2D eigenvalue weighted by Crippen LogP contribution is 2.22. The smallest absolute Gasteiger partial charge is 0.258 e. The molecule has 3 rings (SSSR count). The van der Waals surface area contributed by atoms with E-state index in [1.165, 1.54) is 0 Å². The minimum Gasteiger partial charge on any atom is -0.383 e. The number of piperidine rings is 1. The average Bonchev–Trinajstić information content (AvgIpc) is 2.63. The van der Waals surface area contributed by atoms with E-state index in [4.69, 9.17) is 4.74 Å². The number of para-hydroxylation sites is 1. The van der Waals surface area contributed by atoms with E-state index in [1.54, 1.807) is 30.2 Å². The van der Waals surface area contributed by atoms with Gasteiger partial charge in [0.1, 0.15) is 5.82 Å². The molecule has 0 unspecified atom stereocenters. The van der Waals surface area contributed by atoms with Crippen molar-refractivity contribution in [3.05, 3.63) is 40.4 Å². The van der Waals surface area contributed by atoms with Gasteiger partial charge >= 0.3 is 0 Å². The molecule has 0 aliphatic carbocycles. The van der Waals surface area contributed by atoms with Gasteiger partial charge in [0.25, 0.3) is 11.5 Å². The van der Waals surface area contributed by atoms with Gasteiger partial charge in [-0.2, -0.15) is 0 Å². The highest BCUT2D eigenvalue weighted by molar-refractivity contribution is 5.86. The molecule has 8 nitrogen and oxygen atoms in total. The topological polar surface area (TPSA) is 108 Å². The molecule has 1 aromatic heterocycles. The summed E-state index contributed by atoms with van der Waals surface area (Å²) in [6.07, 6.45) is 1.14. The second kappa shape index (κ2) is 7.94. The predicted octanol–water partition coefficient (Wildman–Crippen LogP) is 0.0126. The molecule has 26 heavy (non-hydrogen) atoms. The van der Waals surface area contributed by atoms with Crippen LogP contribution < -0.4 is 10.9 Å². The van der Waals surface area contributed by atoms with E-state index >= 15 is 0 Å². The highest BCUT2D eigenvalue weighted by atomic mass is 16.5. The lowest BCUT2D eigenvalue weighted by Gasteiger charge is -2.38. The average molecular weight is 360 g/mol. The Kier molecular flexibility index (Phi) is 5.65. The van der Waals surface area contributed by atoms with Crippen LogP contribution in [0.3, 0.4) is 0 Å². The van der Waals surface area contributed by atoms with Crippen LogP contribution in [0.15, 0.2) is 29.1 Å². The number of aromatic nitrogens is 2. The number of aliphatic hydroxyl groups is 1. The van der Waals surface area contributed by atoms with Crippen molar-refractivity contribution in [2.24, 2.45) is 0 Å². The Labute approximate surface area is 151 Å². The molecule has 0 saturated carbocycles. The normalized spacial score (nSPS) is 20.7. The molecule has 0 radical (unpaired) electrons. The van der Waals surface area contributed by atoms with Crippen molar-refractivity contribution in [1.29, 1.82) is 0 Å². The first kappa shape index (κ1) is 18.5. The Morgan fingerprint density at radius 2 is 2.19 bits per heavy atom. The molecule has 0 bridgehead atoms. The number of likely N-dealkylation sites (tertiary alicyclic amines) is 1. The van der Waals surface area contributed by atoms with Crippen LogP contribution in [-0.2, 0) is 16.1 Å². The summed E-state index contributed by atoms with van der Waals surface area (Å²) in [4.78, 5) is 33.4. The molecule has 1 amide bonds. The maximum Gasteiger partial charge on any atom is 0.258 e. The van der Waals surface area contributed by atoms with Crippen molar-refractivity contribution >= 4 is 16.8 Å². The summed E-state index contributed by atoms with van der Waals surface area (Å²) in [6, 6.07) is 7.11. The Morgan fingerprint density at radius 1 is 1.38 bits per heavy atom. The molecule has 8 heteroatoms.